The number of H-pyrrole nitrogens is 1. The number of carboxylic acid groups (broad SMARTS) is 1. The maximum atomic E-state index is 10.8. The van der Waals surface area contributed by atoms with E-state index in [1.54, 1.807) is 6.20 Å². The molecule has 0 bridgehead atoms. The van der Waals surface area contributed by atoms with Crippen LogP contribution in [-0.4, -0.2) is 27.1 Å². The van der Waals surface area contributed by atoms with Gasteiger partial charge in [0.15, 0.2) is 0 Å². The Morgan fingerprint density at radius 2 is 2.50 bits per heavy atom. The topological polar surface area (TPSA) is 92.0 Å². The first-order valence-electron chi connectivity index (χ1n) is 4.63. The van der Waals surface area contributed by atoms with Crippen molar-refractivity contribution in [2.75, 3.05) is 0 Å². The third kappa shape index (κ3) is 2.32. The van der Waals surface area contributed by atoms with E-state index >= 15 is 0 Å². The Bertz CT molecular complexity index is 284. The maximum absolute atomic E-state index is 10.8. The van der Waals surface area contributed by atoms with Crippen molar-refractivity contribution < 1.29 is 9.90 Å². The molecule has 5 nitrogen and oxygen atoms in total. The molecule has 1 aromatic rings. The molecule has 0 spiro atoms. The number of rotatable bonds is 5. The summed E-state index contributed by atoms with van der Waals surface area (Å²) >= 11 is 0. The molecule has 0 saturated carbocycles. The third-order valence-corrected chi connectivity index (χ3v) is 2.24. The summed E-state index contributed by atoms with van der Waals surface area (Å²) in [4.78, 5) is 17.5. The predicted octanol–water partition coefficient (Wildman–Crippen LogP) is 0.705. The predicted molar refractivity (Wildman–Crippen MR) is 51.8 cm³/mol. The number of aliphatic carboxylic acids is 1. The standard InChI is InChI=1S/C9H15N3O2/c1-2-3-6(8(10)9(13)14)7-4-11-5-12-7/h4-6,8H,2-3,10H2,1H3,(H,11,12)(H,13,14). The van der Waals surface area contributed by atoms with Crippen LogP contribution in [0.15, 0.2) is 12.5 Å². The lowest BCUT2D eigenvalue weighted by Crippen LogP contribution is -2.36. The number of hydrogen-bond donors (Lipinski definition) is 3. The summed E-state index contributed by atoms with van der Waals surface area (Å²) in [6, 6.07) is -0.865. The summed E-state index contributed by atoms with van der Waals surface area (Å²) in [5.41, 5.74) is 6.38. The van der Waals surface area contributed by atoms with Crippen LogP contribution >= 0.6 is 0 Å². The lowest BCUT2D eigenvalue weighted by molar-refractivity contribution is -0.139. The molecule has 1 heterocycles. The Balaban J connectivity index is 2.79. The van der Waals surface area contributed by atoms with Gasteiger partial charge in [0.2, 0.25) is 0 Å². The van der Waals surface area contributed by atoms with Crippen molar-refractivity contribution in [3.05, 3.63) is 18.2 Å². The highest BCUT2D eigenvalue weighted by Crippen LogP contribution is 2.21. The van der Waals surface area contributed by atoms with E-state index in [2.05, 4.69) is 9.97 Å². The molecule has 5 heteroatoms. The number of nitrogens with two attached hydrogens (primary N) is 1. The van der Waals surface area contributed by atoms with Crippen molar-refractivity contribution >= 4 is 5.97 Å². The molecule has 2 atom stereocenters. The molecular weight excluding hydrogens is 182 g/mol. The first-order valence-corrected chi connectivity index (χ1v) is 4.63. The van der Waals surface area contributed by atoms with Crippen LogP contribution in [0.3, 0.4) is 0 Å². The Morgan fingerprint density at radius 3 is 2.93 bits per heavy atom. The molecule has 0 aromatic carbocycles. The van der Waals surface area contributed by atoms with Gasteiger partial charge >= 0.3 is 5.97 Å². The van der Waals surface area contributed by atoms with Crippen molar-refractivity contribution in [1.29, 1.82) is 0 Å². The van der Waals surface area contributed by atoms with E-state index in [1.807, 2.05) is 6.92 Å². The average Bonchev–Trinajstić information content (AvgIpc) is 2.65. The first kappa shape index (κ1) is 10.7. The summed E-state index contributed by atoms with van der Waals surface area (Å²) in [6.07, 6.45) is 4.80. The summed E-state index contributed by atoms with van der Waals surface area (Å²) in [5, 5.41) is 8.82. The van der Waals surface area contributed by atoms with Crippen molar-refractivity contribution in [2.24, 2.45) is 5.73 Å². The molecule has 0 saturated heterocycles. The van der Waals surface area contributed by atoms with E-state index in [9.17, 15) is 4.79 Å². The van der Waals surface area contributed by atoms with E-state index in [-0.39, 0.29) is 5.92 Å². The highest BCUT2D eigenvalue weighted by atomic mass is 16.4. The Kier molecular flexibility index (Phi) is 3.64. The lowest BCUT2D eigenvalue weighted by atomic mass is 9.92. The number of aromatic nitrogens is 2. The SMILES string of the molecule is CCCC(c1cnc[nH]1)C(N)C(=O)O. The lowest BCUT2D eigenvalue weighted by Gasteiger charge is -2.18. The van der Waals surface area contributed by atoms with E-state index in [0.717, 1.165) is 18.5 Å². The van der Waals surface area contributed by atoms with Crippen molar-refractivity contribution in [3.63, 3.8) is 0 Å². The fourth-order valence-corrected chi connectivity index (χ4v) is 1.48. The fourth-order valence-electron chi connectivity index (χ4n) is 1.48. The average molecular weight is 197 g/mol. The van der Waals surface area contributed by atoms with Crippen LogP contribution in [0.4, 0.5) is 0 Å². The monoisotopic (exact) mass is 197 g/mol. The smallest absolute Gasteiger partial charge is 0.321 e. The largest absolute Gasteiger partial charge is 0.480 e. The van der Waals surface area contributed by atoms with Crippen LogP contribution in [0.25, 0.3) is 0 Å². The van der Waals surface area contributed by atoms with Gasteiger partial charge in [0.25, 0.3) is 0 Å². The van der Waals surface area contributed by atoms with E-state index in [0.29, 0.717) is 0 Å². The molecule has 1 aromatic heterocycles. The van der Waals surface area contributed by atoms with E-state index < -0.39 is 12.0 Å². The number of imidazole rings is 1. The van der Waals surface area contributed by atoms with Crippen molar-refractivity contribution in [3.8, 4) is 0 Å². The van der Waals surface area contributed by atoms with Gasteiger partial charge in [-0.25, -0.2) is 4.98 Å². The summed E-state index contributed by atoms with van der Waals surface area (Å²) in [5.74, 6) is -1.15. The van der Waals surface area contributed by atoms with Gasteiger partial charge in [-0.1, -0.05) is 13.3 Å². The number of nitrogens with one attached hydrogen (secondary N) is 1. The van der Waals surface area contributed by atoms with Gasteiger partial charge in [-0.05, 0) is 6.42 Å². The molecule has 78 valence electrons. The second-order valence-corrected chi connectivity index (χ2v) is 3.27. The highest BCUT2D eigenvalue weighted by Gasteiger charge is 2.25. The van der Waals surface area contributed by atoms with Gasteiger partial charge in [0, 0.05) is 17.8 Å². The molecule has 2 unspecified atom stereocenters. The zero-order valence-corrected chi connectivity index (χ0v) is 8.10. The first-order chi connectivity index (χ1) is 6.66. The molecule has 4 N–H and O–H groups in total. The van der Waals surface area contributed by atoms with E-state index in [1.165, 1.54) is 6.33 Å². The van der Waals surface area contributed by atoms with Crippen LogP contribution in [0.2, 0.25) is 0 Å². The second kappa shape index (κ2) is 4.76. The van der Waals surface area contributed by atoms with Gasteiger partial charge in [-0.3, -0.25) is 4.79 Å². The van der Waals surface area contributed by atoms with Crippen LogP contribution < -0.4 is 5.73 Å². The Labute approximate surface area is 82.3 Å². The van der Waals surface area contributed by atoms with Crippen molar-refractivity contribution in [2.45, 2.75) is 31.7 Å². The highest BCUT2D eigenvalue weighted by molar-refractivity contribution is 5.74. The van der Waals surface area contributed by atoms with E-state index in [4.69, 9.17) is 10.8 Å². The van der Waals surface area contributed by atoms with Crippen molar-refractivity contribution in [1.82, 2.24) is 9.97 Å². The van der Waals surface area contributed by atoms with Gasteiger partial charge in [-0.15, -0.1) is 0 Å². The zero-order valence-electron chi connectivity index (χ0n) is 8.10. The van der Waals surface area contributed by atoms with Gasteiger partial charge in [0.1, 0.15) is 6.04 Å². The molecule has 0 amide bonds. The molecule has 0 radical (unpaired) electrons. The molecule has 0 aliphatic carbocycles. The zero-order chi connectivity index (χ0) is 10.6. The fraction of sp³-hybridized carbons (Fsp3) is 0.556. The van der Waals surface area contributed by atoms with Crippen LogP contribution in [-0.2, 0) is 4.79 Å². The number of aromatic amines is 1. The quantitative estimate of drug-likeness (QED) is 0.648. The minimum absolute atomic E-state index is 0.181. The minimum Gasteiger partial charge on any atom is -0.480 e. The number of nitrogens with zero attached hydrogens (tertiary/aromatic N) is 1. The van der Waals surface area contributed by atoms with Gasteiger partial charge in [0.05, 0.1) is 6.33 Å². The number of hydrogen-bond acceptors (Lipinski definition) is 3. The van der Waals surface area contributed by atoms with Crippen LogP contribution in [0.1, 0.15) is 31.4 Å². The summed E-state index contributed by atoms with van der Waals surface area (Å²) in [7, 11) is 0. The number of carboxylic acids is 1. The molecule has 0 aliphatic heterocycles. The van der Waals surface area contributed by atoms with Crippen LogP contribution in [0.5, 0.6) is 0 Å². The minimum atomic E-state index is -0.974. The summed E-state index contributed by atoms with van der Waals surface area (Å²) in [6.45, 7) is 2.00. The normalized spacial score (nSPS) is 15.0. The van der Waals surface area contributed by atoms with Gasteiger partial charge < -0.3 is 15.8 Å². The Morgan fingerprint density at radius 1 is 1.79 bits per heavy atom. The van der Waals surface area contributed by atoms with Gasteiger partial charge in [-0.2, -0.15) is 0 Å². The second-order valence-electron chi connectivity index (χ2n) is 3.27. The number of carbonyl (C=O) groups is 1. The molecular formula is C9H15N3O2. The molecule has 0 fully saturated rings. The third-order valence-electron chi connectivity index (χ3n) is 2.24. The molecule has 14 heavy (non-hydrogen) atoms. The molecule has 1 rings (SSSR count). The maximum Gasteiger partial charge on any atom is 0.321 e. The Hall–Kier alpha value is -1.36. The van der Waals surface area contributed by atoms with Crippen LogP contribution in [0, 0.1) is 0 Å². The summed E-state index contributed by atoms with van der Waals surface area (Å²) < 4.78 is 0. The molecule has 0 aliphatic rings.